The van der Waals surface area contributed by atoms with Crippen LogP contribution in [0.2, 0.25) is 0 Å². The summed E-state index contributed by atoms with van der Waals surface area (Å²) in [7, 11) is 0. The van der Waals surface area contributed by atoms with E-state index in [1.54, 1.807) is 23.4 Å². The second-order valence-corrected chi connectivity index (χ2v) is 4.09. The maximum atomic E-state index is 4.33. The van der Waals surface area contributed by atoms with Crippen LogP contribution in [0.15, 0.2) is 43.2 Å². The van der Waals surface area contributed by atoms with Crippen LogP contribution in [-0.4, -0.2) is 29.9 Å². The molecule has 0 fully saturated rings. The van der Waals surface area contributed by atoms with Crippen molar-refractivity contribution in [3.8, 4) is 5.82 Å². The van der Waals surface area contributed by atoms with Crippen molar-refractivity contribution in [2.75, 3.05) is 5.32 Å². The van der Waals surface area contributed by atoms with Crippen LogP contribution in [0, 0.1) is 0 Å². The molecule has 3 aromatic rings. The molecular formula is C12H13N7. The van der Waals surface area contributed by atoms with Gasteiger partial charge in [-0.15, -0.1) is 0 Å². The molecule has 0 saturated heterocycles. The fourth-order valence-electron chi connectivity index (χ4n) is 1.83. The van der Waals surface area contributed by atoms with Crippen molar-refractivity contribution in [3.05, 3.63) is 48.9 Å². The number of pyridine rings is 1. The van der Waals surface area contributed by atoms with Crippen LogP contribution in [0.25, 0.3) is 5.82 Å². The van der Waals surface area contributed by atoms with Gasteiger partial charge in [-0.25, -0.2) is 14.6 Å². The highest BCUT2D eigenvalue weighted by Crippen LogP contribution is 2.21. The molecule has 0 spiro atoms. The zero-order valence-electron chi connectivity index (χ0n) is 10.4. The highest BCUT2D eigenvalue weighted by Gasteiger charge is 2.11. The van der Waals surface area contributed by atoms with Gasteiger partial charge in [0.1, 0.15) is 12.7 Å². The van der Waals surface area contributed by atoms with Gasteiger partial charge in [0.25, 0.3) is 0 Å². The lowest BCUT2D eigenvalue weighted by Gasteiger charge is -2.15. The van der Waals surface area contributed by atoms with E-state index in [2.05, 4.69) is 30.6 Å². The first-order valence-corrected chi connectivity index (χ1v) is 5.90. The molecule has 1 atom stereocenters. The SMILES string of the molecule is CC(Nc1cccnc1-n1cncn1)c1ccn[nH]1. The topological polar surface area (TPSA) is 84.3 Å². The van der Waals surface area contributed by atoms with Gasteiger partial charge < -0.3 is 5.32 Å². The Morgan fingerprint density at radius 3 is 3.00 bits per heavy atom. The lowest BCUT2D eigenvalue weighted by molar-refractivity contribution is 0.805. The van der Waals surface area contributed by atoms with E-state index in [0.717, 1.165) is 11.4 Å². The number of nitrogens with zero attached hydrogens (tertiary/aromatic N) is 5. The lowest BCUT2D eigenvalue weighted by Crippen LogP contribution is -2.11. The number of aromatic amines is 1. The molecule has 96 valence electrons. The Balaban J connectivity index is 1.89. The molecule has 0 saturated carbocycles. The molecule has 19 heavy (non-hydrogen) atoms. The normalized spacial score (nSPS) is 12.3. The molecule has 0 bridgehead atoms. The van der Waals surface area contributed by atoms with E-state index >= 15 is 0 Å². The summed E-state index contributed by atoms with van der Waals surface area (Å²) in [5.74, 6) is 0.714. The molecule has 0 amide bonds. The number of H-pyrrole nitrogens is 1. The molecule has 3 rings (SSSR count). The maximum absolute atomic E-state index is 4.33. The van der Waals surface area contributed by atoms with Crippen molar-refractivity contribution in [2.24, 2.45) is 0 Å². The summed E-state index contributed by atoms with van der Waals surface area (Å²) >= 11 is 0. The van der Waals surface area contributed by atoms with Crippen molar-refractivity contribution < 1.29 is 0 Å². The van der Waals surface area contributed by atoms with E-state index in [4.69, 9.17) is 0 Å². The monoisotopic (exact) mass is 255 g/mol. The third kappa shape index (κ3) is 2.30. The van der Waals surface area contributed by atoms with E-state index < -0.39 is 0 Å². The van der Waals surface area contributed by atoms with Crippen molar-refractivity contribution in [1.29, 1.82) is 0 Å². The van der Waals surface area contributed by atoms with Gasteiger partial charge in [0.2, 0.25) is 0 Å². The van der Waals surface area contributed by atoms with Gasteiger partial charge >= 0.3 is 0 Å². The van der Waals surface area contributed by atoms with Gasteiger partial charge in [0, 0.05) is 12.4 Å². The molecule has 0 aromatic carbocycles. The average Bonchev–Trinajstić information content (AvgIpc) is 3.13. The smallest absolute Gasteiger partial charge is 0.178 e. The summed E-state index contributed by atoms with van der Waals surface area (Å²) < 4.78 is 1.63. The minimum Gasteiger partial charge on any atom is -0.374 e. The Morgan fingerprint density at radius 2 is 2.26 bits per heavy atom. The molecule has 7 heteroatoms. The number of hydrogen-bond acceptors (Lipinski definition) is 5. The fourth-order valence-corrected chi connectivity index (χ4v) is 1.83. The molecule has 1 unspecified atom stereocenters. The summed E-state index contributed by atoms with van der Waals surface area (Å²) in [5.41, 5.74) is 1.89. The number of aromatic nitrogens is 6. The lowest BCUT2D eigenvalue weighted by atomic mass is 10.2. The number of anilines is 1. The molecule has 7 nitrogen and oxygen atoms in total. The second-order valence-electron chi connectivity index (χ2n) is 4.09. The van der Waals surface area contributed by atoms with Crippen LogP contribution in [0.4, 0.5) is 5.69 Å². The van der Waals surface area contributed by atoms with Gasteiger partial charge in [0.15, 0.2) is 5.82 Å². The molecule has 0 radical (unpaired) electrons. The van der Waals surface area contributed by atoms with Gasteiger partial charge in [-0.05, 0) is 25.1 Å². The highest BCUT2D eigenvalue weighted by atomic mass is 15.3. The molecule has 0 aliphatic rings. The van der Waals surface area contributed by atoms with Crippen molar-refractivity contribution in [2.45, 2.75) is 13.0 Å². The van der Waals surface area contributed by atoms with E-state index in [0.29, 0.717) is 5.82 Å². The Morgan fingerprint density at radius 1 is 1.32 bits per heavy atom. The molecule has 0 aliphatic carbocycles. The van der Waals surface area contributed by atoms with Crippen molar-refractivity contribution in [1.82, 2.24) is 29.9 Å². The molecule has 2 N–H and O–H groups in total. The first-order chi connectivity index (χ1) is 9.34. The van der Waals surface area contributed by atoms with Crippen LogP contribution >= 0.6 is 0 Å². The summed E-state index contributed by atoms with van der Waals surface area (Å²) in [5, 5.41) is 14.4. The Bertz CT molecular complexity index is 630. The van der Waals surface area contributed by atoms with Gasteiger partial charge in [-0.2, -0.15) is 10.2 Å². The van der Waals surface area contributed by atoms with Crippen LogP contribution < -0.4 is 5.32 Å². The molecular weight excluding hydrogens is 242 g/mol. The van der Waals surface area contributed by atoms with Crippen LogP contribution in [0.1, 0.15) is 18.7 Å². The summed E-state index contributed by atoms with van der Waals surface area (Å²) in [6, 6.07) is 5.86. The fraction of sp³-hybridized carbons (Fsp3) is 0.167. The summed E-state index contributed by atoms with van der Waals surface area (Å²) in [4.78, 5) is 8.26. The number of hydrogen-bond donors (Lipinski definition) is 2. The van der Waals surface area contributed by atoms with Crippen LogP contribution in [0.3, 0.4) is 0 Å². The quantitative estimate of drug-likeness (QED) is 0.739. The van der Waals surface area contributed by atoms with E-state index in [-0.39, 0.29) is 6.04 Å². The number of nitrogens with one attached hydrogen (secondary N) is 2. The minimum absolute atomic E-state index is 0.0916. The second kappa shape index (κ2) is 4.89. The largest absolute Gasteiger partial charge is 0.374 e. The minimum atomic E-state index is 0.0916. The van der Waals surface area contributed by atoms with Gasteiger partial charge in [-0.1, -0.05) is 0 Å². The average molecular weight is 255 g/mol. The third-order valence-corrected chi connectivity index (χ3v) is 2.78. The zero-order chi connectivity index (χ0) is 13.1. The van der Waals surface area contributed by atoms with Crippen LogP contribution in [-0.2, 0) is 0 Å². The molecule has 0 aliphatic heterocycles. The Labute approximate surface area is 109 Å². The number of rotatable bonds is 4. The standard InChI is InChI=1S/C12H13N7/c1-9(10-4-6-15-18-10)17-11-3-2-5-14-12(11)19-8-13-7-16-19/h2-9,17H,1H3,(H,15,18). The zero-order valence-corrected chi connectivity index (χ0v) is 10.4. The van der Waals surface area contributed by atoms with Gasteiger partial charge in [-0.3, -0.25) is 5.10 Å². The predicted octanol–water partition coefficient (Wildman–Crippen LogP) is 1.56. The summed E-state index contributed by atoms with van der Waals surface area (Å²) in [6.07, 6.45) is 6.56. The van der Waals surface area contributed by atoms with Crippen LogP contribution in [0.5, 0.6) is 0 Å². The highest BCUT2D eigenvalue weighted by molar-refractivity contribution is 5.56. The Kier molecular flexibility index (Phi) is 2.93. The van der Waals surface area contributed by atoms with E-state index in [1.807, 2.05) is 25.1 Å². The first-order valence-electron chi connectivity index (χ1n) is 5.90. The van der Waals surface area contributed by atoms with Crippen molar-refractivity contribution >= 4 is 5.69 Å². The Hall–Kier alpha value is -2.70. The van der Waals surface area contributed by atoms with E-state index in [9.17, 15) is 0 Å². The van der Waals surface area contributed by atoms with Crippen molar-refractivity contribution in [3.63, 3.8) is 0 Å². The molecule has 3 heterocycles. The first kappa shape index (κ1) is 11.4. The third-order valence-electron chi connectivity index (χ3n) is 2.78. The maximum Gasteiger partial charge on any atom is 0.178 e. The van der Waals surface area contributed by atoms with E-state index in [1.165, 1.54) is 6.33 Å². The predicted molar refractivity (Wildman–Crippen MR) is 69.8 cm³/mol. The van der Waals surface area contributed by atoms with Gasteiger partial charge in [0.05, 0.1) is 17.4 Å². The molecule has 3 aromatic heterocycles. The summed E-state index contributed by atoms with van der Waals surface area (Å²) in [6.45, 7) is 2.05.